The van der Waals surface area contributed by atoms with E-state index in [0.29, 0.717) is 33.1 Å². The number of thiazole rings is 1. The van der Waals surface area contributed by atoms with E-state index >= 15 is 0 Å². The Kier molecular flexibility index (Phi) is 6.56. The monoisotopic (exact) mass is 380 g/mol. The summed E-state index contributed by atoms with van der Waals surface area (Å²) in [6.07, 6.45) is -0.859. The Labute approximate surface area is 156 Å². The first-order valence-electron chi connectivity index (χ1n) is 8.00. The molecule has 1 N–H and O–H groups in total. The maximum Gasteiger partial charge on any atom is 0.351 e. The van der Waals surface area contributed by atoms with Crippen molar-refractivity contribution in [2.45, 2.75) is 33.8 Å². The summed E-state index contributed by atoms with van der Waals surface area (Å²) in [7, 11) is 0. The van der Waals surface area contributed by atoms with Gasteiger partial charge in [-0.25, -0.2) is 9.78 Å². The van der Waals surface area contributed by atoms with Crippen molar-refractivity contribution in [3.05, 3.63) is 39.9 Å². The molecule has 0 fully saturated rings. The second kappa shape index (κ2) is 8.45. The second-order valence-electron chi connectivity index (χ2n) is 6.13. The van der Waals surface area contributed by atoms with E-state index in [1.807, 2.05) is 26.0 Å². The first-order chi connectivity index (χ1) is 11.8. The minimum atomic E-state index is -0.859. The summed E-state index contributed by atoms with van der Waals surface area (Å²) in [6, 6.07) is 7.27. The van der Waals surface area contributed by atoms with Gasteiger partial charge in [-0.1, -0.05) is 37.6 Å². The summed E-state index contributed by atoms with van der Waals surface area (Å²) < 4.78 is 5.28. The molecule has 0 radical (unpaired) electrons. The number of hydrogen-bond donors (Lipinski definition) is 1. The fourth-order valence-electron chi connectivity index (χ4n) is 2.05. The van der Waals surface area contributed by atoms with Gasteiger partial charge in [0.2, 0.25) is 0 Å². The Bertz CT molecular complexity index is 773. The fourth-order valence-corrected chi connectivity index (χ4v) is 3.18. The number of halogens is 1. The van der Waals surface area contributed by atoms with Crippen LogP contribution in [0.3, 0.4) is 0 Å². The van der Waals surface area contributed by atoms with Crippen molar-refractivity contribution in [3.8, 4) is 10.6 Å². The van der Waals surface area contributed by atoms with Crippen molar-refractivity contribution < 1.29 is 14.3 Å². The number of benzene rings is 1. The third kappa shape index (κ3) is 5.28. The van der Waals surface area contributed by atoms with E-state index in [-0.39, 0.29) is 5.91 Å². The number of ether oxygens (including phenoxy) is 1. The van der Waals surface area contributed by atoms with Crippen molar-refractivity contribution >= 4 is 34.8 Å². The molecule has 1 heterocycles. The highest BCUT2D eigenvalue weighted by Crippen LogP contribution is 2.30. The lowest BCUT2D eigenvalue weighted by molar-refractivity contribution is -0.129. The third-order valence-electron chi connectivity index (χ3n) is 3.39. The predicted octanol–water partition coefficient (Wildman–Crippen LogP) is 4.09. The number of esters is 1. The summed E-state index contributed by atoms with van der Waals surface area (Å²) in [5.41, 5.74) is 1.40. The summed E-state index contributed by atoms with van der Waals surface area (Å²) in [5, 5.41) is 4.03. The Balaban J connectivity index is 2.08. The quantitative estimate of drug-likeness (QED) is 0.766. The number of rotatable bonds is 6. The SMILES string of the molecule is Cc1nc(-c2cccc(Cl)c2)sc1C(=O)O[C@@H](C)C(=O)NCC(C)C. The molecule has 25 heavy (non-hydrogen) atoms. The molecule has 7 heteroatoms. The van der Waals surface area contributed by atoms with Crippen LogP contribution in [0.15, 0.2) is 24.3 Å². The van der Waals surface area contributed by atoms with Gasteiger partial charge in [-0.15, -0.1) is 11.3 Å². The van der Waals surface area contributed by atoms with Crippen LogP contribution in [0, 0.1) is 12.8 Å². The predicted molar refractivity (Wildman–Crippen MR) is 100 cm³/mol. The molecule has 0 aliphatic heterocycles. The van der Waals surface area contributed by atoms with Crippen LogP contribution in [0.5, 0.6) is 0 Å². The van der Waals surface area contributed by atoms with Gasteiger partial charge in [0.25, 0.3) is 5.91 Å². The van der Waals surface area contributed by atoms with E-state index < -0.39 is 12.1 Å². The smallest absolute Gasteiger partial charge is 0.351 e. The van der Waals surface area contributed by atoms with Crippen LogP contribution in [-0.2, 0) is 9.53 Å². The molecule has 1 aromatic heterocycles. The highest BCUT2D eigenvalue weighted by atomic mass is 35.5. The Morgan fingerprint density at radius 2 is 2.04 bits per heavy atom. The van der Waals surface area contributed by atoms with Gasteiger partial charge in [0.05, 0.1) is 5.69 Å². The maximum atomic E-state index is 12.4. The Hall–Kier alpha value is -1.92. The van der Waals surface area contributed by atoms with Crippen LogP contribution >= 0.6 is 22.9 Å². The van der Waals surface area contributed by atoms with Crippen LogP contribution in [-0.4, -0.2) is 29.5 Å². The van der Waals surface area contributed by atoms with Crippen LogP contribution in [0.25, 0.3) is 10.6 Å². The van der Waals surface area contributed by atoms with Gasteiger partial charge < -0.3 is 10.1 Å². The van der Waals surface area contributed by atoms with Crippen molar-refractivity contribution in [2.75, 3.05) is 6.54 Å². The van der Waals surface area contributed by atoms with Crippen molar-refractivity contribution in [3.63, 3.8) is 0 Å². The molecule has 0 spiro atoms. The zero-order chi connectivity index (χ0) is 18.6. The van der Waals surface area contributed by atoms with E-state index in [1.165, 1.54) is 11.3 Å². The normalized spacial score (nSPS) is 12.1. The van der Waals surface area contributed by atoms with E-state index in [0.717, 1.165) is 5.56 Å². The fraction of sp³-hybridized carbons (Fsp3) is 0.389. The van der Waals surface area contributed by atoms with Gasteiger partial charge in [-0.3, -0.25) is 4.79 Å². The molecule has 5 nitrogen and oxygen atoms in total. The first-order valence-corrected chi connectivity index (χ1v) is 9.19. The summed E-state index contributed by atoms with van der Waals surface area (Å²) in [6.45, 7) is 7.83. The Morgan fingerprint density at radius 3 is 2.68 bits per heavy atom. The summed E-state index contributed by atoms with van der Waals surface area (Å²) in [4.78, 5) is 29.1. The highest BCUT2D eigenvalue weighted by Gasteiger charge is 2.23. The van der Waals surface area contributed by atoms with Crippen molar-refractivity contribution in [1.82, 2.24) is 10.3 Å². The molecule has 0 unspecified atom stereocenters. The molecule has 0 saturated heterocycles. The molecular formula is C18H21ClN2O3S. The van der Waals surface area contributed by atoms with Gasteiger partial charge in [0.1, 0.15) is 9.88 Å². The average Bonchev–Trinajstić information content (AvgIpc) is 2.94. The number of amides is 1. The molecule has 1 atom stereocenters. The van der Waals surface area contributed by atoms with E-state index in [1.54, 1.807) is 26.0 Å². The molecule has 134 valence electrons. The molecule has 2 rings (SSSR count). The van der Waals surface area contributed by atoms with Gasteiger partial charge in [-0.05, 0) is 31.9 Å². The first kappa shape index (κ1) is 19.4. The molecule has 0 aliphatic rings. The lowest BCUT2D eigenvalue weighted by Crippen LogP contribution is -2.37. The van der Waals surface area contributed by atoms with Gasteiger partial charge in [0, 0.05) is 17.1 Å². The minimum Gasteiger partial charge on any atom is -0.448 e. The zero-order valence-corrected chi connectivity index (χ0v) is 16.2. The topological polar surface area (TPSA) is 68.3 Å². The average molecular weight is 381 g/mol. The van der Waals surface area contributed by atoms with Crippen LogP contribution in [0.2, 0.25) is 5.02 Å². The number of aryl methyl sites for hydroxylation is 1. The van der Waals surface area contributed by atoms with Gasteiger partial charge >= 0.3 is 5.97 Å². The molecular weight excluding hydrogens is 360 g/mol. The van der Waals surface area contributed by atoms with E-state index in [4.69, 9.17) is 16.3 Å². The van der Waals surface area contributed by atoms with E-state index in [9.17, 15) is 9.59 Å². The molecule has 1 aromatic carbocycles. The Morgan fingerprint density at radius 1 is 1.32 bits per heavy atom. The number of carbonyl (C=O) groups is 2. The van der Waals surface area contributed by atoms with Crippen LogP contribution in [0.4, 0.5) is 0 Å². The molecule has 2 aromatic rings. The number of carbonyl (C=O) groups excluding carboxylic acids is 2. The molecule has 0 saturated carbocycles. The lowest BCUT2D eigenvalue weighted by Gasteiger charge is -2.14. The number of nitrogens with zero attached hydrogens (tertiary/aromatic N) is 1. The standard InChI is InChI=1S/C18H21ClN2O3S/c1-10(2)9-20-16(22)12(4)24-18(23)15-11(3)21-17(25-15)13-6-5-7-14(19)8-13/h5-8,10,12H,9H2,1-4H3,(H,20,22)/t12-/m0/s1. The van der Waals surface area contributed by atoms with E-state index in [2.05, 4.69) is 10.3 Å². The van der Waals surface area contributed by atoms with Crippen LogP contribution < -0.4 is 5.32 Å². The molecule has 0 aliphatic carbocycles. The van der Waals surface area contributed by atoms with Crippen LogP contribution in [0.1, 0.15) is 36.1 Å². The number of nitrogens with one attached hydrogen (secondary N) is 1. The maximum absolute atomic E-state index is 12.4. The zero-order valence-electron chi connectivity index (χ0n) is 14.6. The lowest BCUT2D eigenvalue weighted by atomic mass is 10.2. The van der Waals surface area contributed by atoms with Crippen molar-refractivity contribution in [2.24, 2.45) is 5.92 Å². The second-order valence-corrected chi connectivity index (χ2v) is 7.57. The van der Waals surface area contributed by atoms with Gasteiger partial charge in [-0.2, -0.15) is 0 Å². The van der Waals surface area contributed by atoms with Gasteiger partial charge in [0.15, 0.2) is 6.10 Å². The summed E-state index contributed by atoms with van der Waals surface area (Å²) in [5.74, 6) is -0.523. The highest BCUT2D eigenvalue weighted by molar-refractivity contribution is 7.17. The number of hydrogen-bond acceptors (Lipinski definition) is 5. The summed E-state index contributed by atoms with van der Waals surface area (Å²) >= 11 is 7.23. The molecule has 0 bridgehead atoms. The number of aromatic nitrogens is 1. The third-order valence-corrected chi connectivity index (χ3v) is 4.81. The van der Waals surface area contributed by atoms with Crippen molar-refractivity contribution in [1.29, 1.82) is 0 Å². The largest absolute Gasteiger partial charge is 0.448 e. The minimum absolute atomic E-state index is 0.306. The molecule has 1 amide bonds.